The van der Waals surface area contributed by atoms with Crippen LogP contribution in [0.4, 0.5) is 5.69 Å². The van der Waals surface area contributed by atoms with Gasteiger partial charge < -0.3 is 15.0 Å². The van der Waals surface area contributed by atoms with E-state index in [1.165, 1.54) is 7.11 Å². The van der Waals surface area contributed by atoms with E-state index in [-0.39, 0.29) is 18.2 Å². The van der Waals surface area contributed by atoms with E-state index in [1.54, 1.807) is 17.0 Å². The zero-order valence-electron chi connectivity index (χ0n) is 15.2. The summed E-state index contributed by atoms with van der Waals surface area (Å²) in [7, 11) is 1.50. The van der Waals surface area contributed by atoms with Crippen LogP contribution in [0, 0.1) is 6.92 Å². The van der Waals surface area contributed by atoms with Crippen molar-refractivity contribution in [3.8, 4) is 5.75 Å². The maximum atomic E-state index is 12.5. The first-order valence-electron chi connectivity index (χ1n) is 8.40. The molecule has 0 bridgehead atoms. The quantitative estimate of drug-likeness (QED) is 0.744. The molecule has 138 valence electrons. The summed E-state index contributed by atoms with van der Waals surface area (Å²) in [5.41, 5.74) is 2.34. The second kappa shape index (κ2) is 9.25. The van der Waals surface area contributed by atoms with Crippen molar-refractivity contribution >= 4 is 29.1 Å². The third kappa shape index (κ3) is 5.23. The summed E-state index contributed by atoms with van der Waals surface area (Å²) in [6.07, 6.45) is -0.231. The van der Waals surface area contributed by atoms with E-state index < -0.39 is 0 Å². The molecule has 0 saturated carbocycles. The van der Waals surface area contributed by atoms with E-state index in [4.69, 9.17) is 16.3 Å². The van der Waals surface area contributed by atoms with Gasteiger partial charge in [-0.05, 0) is 31.0 Å². The fourth-order valence-corrected chi connectivity index (χ4v) is 2.71. The highest BCUT2D eigenvalue weighted by atomic mass is 35.5. The SMILES string of the molecule is CCN(Cc1ccccc1)C(=O)CC(=O)Nc1cc(C)c(Cl)cc1OC. The minimum absolute atomic E-state index is 0.224. The number of halogens is 1. The van der Waals surface area contributed by atoms with E-state index in [0.717, 1.165) is 11.1 Å². The molecule has 6 heteroatoms. The molecular weight excluding hydrogens is 352 g/mol. The molecule has 0 spiro atoms. The smallest absolute Gasteiger partial charge is 0.233 e. The van der Waals surface area contributed by atoms with Crippen molar-refractivity contribution in [2.75, 3.05) is 19.0 Å². The third-order valence-electron chi connectivity index (χ3n) is 4.02. The van der Waals surface area contributed by atoms with Crippen LogP contribution in [-0.2, 0) is 16.1 Å². The lowest BCUT2D eigenvalue weighted by atomic mass is 10.2. The van der Waals surface area contributed by atoms with Crippen molar-refractivity contribution in [1.82, 2.24) is 4.90 Å². The van der Waals surface area contributed by atoms with Crippen LogP contribution in [0.25, 0.3) is 0 Å². The molecule has 0 aromatic heterocycles. The van der Waals surface area contributed by atoms with Crippen LogP contribution in [0.2, 0.25) is 5.02 Å². The average Bonchev–Trinajstić information content (AvgIpc) is 2.63. The second-order valence-corrected chi connectivity index (χ2v) is 6.33. The number of ether oxygens (including phenoxy) is 1. The van der Waals surface area contributed by atoms with E-state index in [2.05, 4.69) is 5.32 Å². The largest absolute Gasteiger partial charge is 0.495 e. The molecule has 2 amide bonds. The zero-order chi connectivity index (χ0) is 19.1. The molecular formula is C20H23ClN2O3. The number of aryl methyl sites for hydroxylation is 1. The molecule has 0 aliphatic heterocycles. The van der Waals surface area contributed by atoms with E-state index >= 15 is 0 Å². The van der Waals surface area contributed by atoms with Crippen LogP contribution in [0.3, 0.4) is 0 Å². The summed E-state index contributed by atoms with van der Waals surface area (Å²) in [5.74, 6) is -0.155. The van der Waals surface area contributed by atoms with Crippen molar-refractivity contribution in [1.29, 1.82) is 0 Å². The fourth-order valence-electron chi connectivity index (χ4n) is 2.55. The number of nitrogens with one attached hydrogen (secondary N) is 1. The highest BCUT2D eigenvalue weighted by Crippen LogP contribution is 2.31. The van der Waals surface area contributed by atoms with Crippen LogP contribution in [0.1, 0.15) is 24.5 Å². The van der Waals surface area contributed by atoms with Gasteiger partial charge in [0, 0.05) is 24.2 Å². The molecule has 0 saturated heterocycles. The lowest BCUT2D eigenvalue weighted by molar-refractivity contribution is -0.134. The fraction of sp³-hybridized carbons (Fsp3) is 0.300. The Kier molecular flexibility index (Phi) is 7.04. The van der Waals surface area contributed by atoms with Gasteiger partial charge in [-0.2, -0.15) is 0 Å². The topological polar surface area (TPSA) is 58.6 Å². The number of rotatable bonds is 7. The molecule has 0 aliphatic rings. The van der Waals surface area contributed by atoms with Gasteiger partial charge in [-0.1, -0.05) is 41.9 Å². The van der Waals surface area contributed by atoms with Gasteiger partial charge in [-0.15, -0.1) is 0 Å². The molecule has 0 unspecified atom stereocenters. The standard InChI is InChI=1S/C20H23ClN2O3/c1-4-23(13-15-8-6-5-7-9-15)20(25)12-19(24)22-17-10-14(2)16(21)11-18(17)26-3/h5-11H,4,12-13H2,1-3H3,(H,22,24). The summed E-state index contributed by atoms with van der Waals surface area (Å²) in [5, 5.41) is 3.28. The molecule has 2 aromatic carbocycles. The maximum absolute atomic E-state index is 12.5. The Balaban J connectivity index is 2.02. The highest BCUT2D eigenvalue weighted by Gasteiger charge is 2.18. The van der Waals surface area contributed by atoms with Crippen molar-refractivity contribution in [3.63, 3.8) is 0 Å². The Morgan fingerprint density at radius 1 is 1.19 bits per heavy atom. The summed E-state index contributed by atoms with van der Waals surface area (Å²) < 4.78 is 5.24. The molecule has 2 aromatic rings. The zero-order valence-corrected chi connectivity index (χ0v) is 16.0. The van der Waals surface area contributed by atoms with Gasteiger partial charge in [0.1, 0.15) is 12.2 Å². The minimum atomic E-state index is -0.387. The molecule has 0 radical (unpaired) electrons. The number of carbonyl (C=O) groups is 2. The molecule has 0 aliphatic carbocycles. The van der Waals surface area contributed by atoms with E-state index in [9.17, 15) is 9.59 Å². The first kappa shape index (κ1) is 19.8. The van der Waals surface area contributed by atoms with E-state index in [0.29, 0.717) is 29.5 Å². The number of anilines is 1. The molecule has 0 fully saturated rings. The Morgan fingerprint density at radius 3 is 2.50 bits per heavy atom. The Hall–Kier alpha value is -2.53. The number of amides is 2. The van der Waals surface area contributed by atoms with Gasteiger partial charge in [0.15, 0.2) is 0 Å². The van der Waals surface area contributed by atoms with Crippen molar-refractivity contribution in [2.45, 2.75) is 26.8 Å². The van der Waals surface area contributed by atoms with Gasteiger partial charge in [0.25, 0.3) is 0 Å². The van der Waals surface area contributed by atoms with Crippen LogP contribution in [0.15, 0.2) is 42.5 Å². The molecule has 1 N–H and O–H groups in total. The van der Waals surface area contributed by atoms with Crippen LogP contribution in [0.5, 0.6) is 5.75 Å². The van der Waals surface area contributed by atoms with Gasteiger partial charge in [-0.3, -0.25) is 9.59 Å². The van der Waals surface area contributed by atoms with Crippen molar-refractivity contribution < 1.29 is 14.3 Å². The monoisotopic (exact) mass is 374 g/mol. The van der Waals surface area contributed by atoms with Gasteiger partial charge >= 0.3 is 0 Å². The molecule has 2 rings (SSSR count). The summed E-state index contributed by atoms with van der Waals surface area (Å²) in [6, 6.07) is 13.1. The Labute approximate surface area is 158 Å². The molecule has 26 heavy (non-hydrogen) atoms. The molecule has 0 atom stereocenters. The summed E-state index contributed by atoms with van der Waals surface area (Å²) in [6.45, 7) is 4.74. The first-order valence-corrected chi connectivity index (χ1v) is 8.78. The lowest BCUT2D eigenvalue weighted by Gasteiger charge is -2.21. The number of methoxy groups -OCH3 is 1. The van der Waals surface area contributed by atoms with Crippen molar-refractivity contribution in [3.05, 3.63) is 58.6 Å². The van der Waals surface area contributed by atoms with Gasteiger partial charge in [0.2, 0.25) is 11.8 Å². The minimum Gasteiger partial charge on any atom is -0.495 e. The van der Waals surface area contributed by atoms with E-state index in [1.807, 2.05) is 44.2 Å². The summed E-state index contributed by atoms with van der Waals surface area (Å²) >= 11 is 6.07. The van der Waals surface area contributed by atoms with Crippen molar-refractivity contribution in [2.24, 2.45) is 0 Å². The Bertz CT molecular complexity index is 778. The first-order chi connectivity index (χ1) is 12.4. The van der Waals surface area contributed by atoms with Crippen LogP contribution >= 0.6 is 11.6 Å². The average molecular weight is 375 g/mol. The number of carbonyl (C=O) groups excluding carboxylic acids is 2. The number of nitrogens with zero attached hydrogens (tertiary/aromatic N) is 1. The number of benzene rings is 2. The van der Waals surface area contributed by atoms with Gasteiger partial charge in [-0.25, -0.2) is 0 Å². The highest BCUT2D eigenvalue weighted by molar-refractivity contribution is 6.31. The summed E-state index contributed by atoms with van der Waals surface area (Å²) in [4.78, 5) is 26.4. The second-order valence-electron chi connectivity index (χ2n) is 5.92. The van der Waals surface area contributed by atoms with Crippen LogP contribution in [-0.4, -0.2) is 30.4 Å². The third-order valence-corrected chi connectivity index (χ3v) is 4.42. The normalized spacial score (nSPS) is 10.3. The predicted molar refractivity (Wildman–Crippen MR) is 104 cm³/mol. The molecule has 5 nitrogen and oxygen atoms in total. The Morgan fingerprint density at radius 2 is 1.88 bits per heavy atom. The van der Waals surface area contributed by atoms with Crippen LogP contribution < -0.4 is 10.1 Å². The number of hydrogen-bond donors (Lipinski definition) is 1. The maximum Gasteiger partial charge on any atom is 0.233 e. The predicted octanol–water partition coefficient (Wildman–Crippen LogP) is 4.03. The van der Waals surface area contributed by atoms with Gasteiger partial charge in [0.05, 0.1) is 12.8 Å². The lowest BCUT2D eigenvalue weighted by Crippen LogP contribution is -2.33. The number of hydrogen-bond acceptors (Lipinski definition) is 3. The molecule has 0 heterocycles.